The monoisotopic (exact) mass is 370 g/mol. The van der Waals surface area contributed by atoms with Crippen LogP contribution >= 0.6 is 0 Å². The number of aryl methyl sites for hydroxylation is 1. The molecule has 0 spiro atoms. The Hall–Kier alpha value is -2.70. The normalized spacial score (nSPS) is 10.5. The van der Waals surface area contributed by atoms with Gasteiger partial charge in [-0.15, -0.1) is 0 Å². The van der Waals surface area contributed by atoms with Gasteiger partial charge in [0.2, 0.25) is 0 Å². The molecule has 0 aliphatic heterocycles. The van der Waals surface area contributed by atoms with Gasteiger partial charge < -0.3 is 19.7 Å². The first-order chi connectivity index (χ1) is 13.1. The summed E-state index contributed by atoms with van der Waals surface area (Å²) in [6.07, 6.45) is 0. The molecule has 0 heterocycles. The van der Waals surface area contributed by atoms with Gasteiger partial charge in [-0.05, 0) is 42.8 Å². The molecule has 1 N–H and O–H groups in total. The second kappa shape index (κ2) is 10.4. The zero-order valence-electron chi connectivity index (χ0n) is 16.0. The zero-order valence-corrected chi connectivity index (χ0v) is 16.0. The lowest BCUT2D eigenvalue weighted by molar-refractivity contribution is 0.0935. The van der Waals surface area contributed by atoms with E-state index in [1.165, 1.54) is 0 Å². The molecule has 0 fully saturated rings. The van der Waals surface area contributed by atoms with Crippen molar-refractivity contribution in [1.29, 1.82) is 0 Å². The van der Waals surface area contributed by atoms with Crippen molar-refractivity contribution in [3.63, 3.8) is 0 Å². The first-order valence-electron chi connectivity index (χ1n) is 8.82. The molecule has 2 aromatic carbocycles. The molecule has 0 unspecified atom stereocenters. The summed E-state index contributed by atoms with van der Waals surface area (Å²) in [7, 11) is 3.19. The molecule has 0 saturated carbocycles. The minimum absolute atomic E-state index is 0.107. The standard InChI is InChI=1S/C21H26N2O4/c1-16-15-18(9-10-19(16)20(24)22-11-13-26-2)23(12-14-27-3)21(25)17-7-5-4-6-8-17/h4-10,15H,11-14H2,1-3H3,(H,22,24). The van der Waals surface area contributed by atoms with Crippen LogP contribution in [0.3, 0.4) is 0 Å². The number of anilines is 1. The number of carbonyl (C=O) groups is 2. The van der Waals surface area contributed by atoms with E-state index in [2.05, 4.69) is 5.32 Å². The van der Waals surface area contributed by atoms with Gasteiger partial charge in [0, 0.05) is 44.1 Å². The van der Waals surface area contributed by atoms with Gasteiger partial charge in [0.1, 0.15) is 0 Å². The Kier molecular flexibility index (Phi) is 7.98. The number of ether oxygens (including phenoxy) is 2. The highest BCUT2D eigenvalue weighted by atomic mass is 16.5. The second-order valence-corrected chi connectivity index (χ2v) is 6.06. The molecular weight excluding hydrogens is 344 g/mol. The van der Waals surface area contributed by atoms with Crippen LogP contribution in [0.2, 0.25) is 0 Å². The van der Waals surface area contributed by atoms with Crippen molar-refractivity contribution in [3.8, 4) is 0 Å². The van der Waals surface area contributed by atoms with Crippen LogP contribution in [0, 0.1) is 6.92 Å². The first-order valence-corrected chi connectivity index (χ1v) is 8.82. The molecule has 2 aromatic rings. The zero-order chi connectivity index (χ0) is 19.6. The fraction of sp³-hybridized carbons (Fsp3) is 0.333. The maximum absolute atomic E-state index is 12.9. The quantitative estimate of drug-likeness (QED) is 0.689. The van der Waals surface area contributed by atoms with E-state index in [0.717, 1.165) is 11.3 Å². The summed E-state index contributed by atoms with van der Waals surface area (Å²) < 4.78 is 10.1. The molecule has 0 radical (unpaired) electrons. The first kappa shape index (κ1) is 20.6. The lowest BCUT2D eigenvalue weighted by Gasteiger charge is -2.23. The summed E-state index contributed by atoms with van der Waals surface area (Å²) in [5, 5.41) is 2.81. The number of benzene rings is 2. The molecule has 2 amide bonds. The Balaban J connectivity index is 2.24. The van der Waals surface area contributed by atoms with Gasteiger partial charge in [-0.2, -0.15) is 0 Å². The predicted octanol–water partition coefficient (Wildman–Crippen LogP) is 2.66. The van der Waals surface area contributed by atoms with Crippen molar-refractivity contribution < 1.29 is 19.1 Å². The van der Waals surface area contributed by atoms with Gasteiger partial charge in [-0.3, -0.25) is 9.59 Å². The summed E-state index contributed by atoms with van der Waals surface area (Å²) in [5.41, 5.74) is 2.71. The van der Waals surface area contributed by atoms with Crippen LogP contribution in [0.1, 0.15) is 26.3 Å². The Morgan fingerprint density at radius 2 is 1.70 bits per heavy atom. The largest absolute Gasteiger partial charge is 0.383 e. The molecule has 0 bridgehead atoms. The molecule has 0 atom stereocenters. The number of hydrogen-bond donors (Lipinski definition) is 1. The molecule has 144 valence electrons. The molecule has 27 heavy (non-hydrogen) atoms. The summed E-state index contributed by atoms with van der Waals surface area (Å²) >= 11 is 0. The van der Waals surface area contributed by atoms with Gasteiger partial charge in [0.05, 0.1) is 13.2 Å². The van der Waals surface area contributed by atoms with Gasteiger partial charge in [-0.25, -0.2) is 0 Å². The Bertz CT molecular complexity index is 762. The van der Waals surface area contributed by atoms with Crippen molar-refractivity contribution in [1.82, 2.24) is 5.32 Å². The molecule has 0 aromatic heterocycles. The Labute approximate surface area is 160 Å². The van der Waals surface area contributed by atoms with Gasteiger partial charge in [0.15, 0.2) is 0 Å². The fourth-order valence-electron chi connectivity index (χ4n) is 2.70. The SMILES string of the molecule is COCCNC(=O)c1ccc(N(CCOC)C(=O)c2ccccc2)cc1C. The number of nitrogens with zero attached hydrogens (tertiary/aromatic N) is 1. The topological polar surface area (TPSA) is 67.9 Å². The fourth-order valence-corrected chi connectivity index (χ4v) is 2.70. The van der Waals surface area contributed by atoms with Crippen LogP contribution in [0.5, 0.6) is 0 Å². The minimum Gasteiger partial charge on any atom is -0.383 e. The molecule has 2 rings (SSSR count). The second-order valence-electron chi connectivity index (χ2n) is 6.06. The molecular formula is C21H26N2O4. The van der Waals surface area contributed by atoms with Crippen LogP contribution in [-0.2, 0) is 9.47 Å². The van der Waals surface area contributed by atoms with E-state index in [1.807, 2.05) is 31.2 Å². The van der Waals surface area contributed by atoms with Gasteiger partial charge >= 0.3 is 0 Å². The van der Waals surface area contributed by atoms with Crippen LogP contribution < -0.4 is 10.2 Å². The molecule has 0 aliphatic carbocycles. The lowest BCUT2D eigenvalue weighted by Crippen LogP contribution is -2.34. The number of hydrogen-bond acceptors (Lipinski definition) is 4. The Morgan fingerprint density at radius 1 is 1.00 bits per heavy atom. The van der Waals surface area contributed by atoms with Crippen LogP contribution in [0.25, 0.3) is 0 Å². The number of carbonyl (C=O) groups excluding carboxylic acids is 2. The number of rotatable bonds is 9. The van der Waals surface area contributed by atoms with E-state index >= 15 is 0 Å². The maximum atomic E-state index is 12.9. The highest BCUT2D eigenvalue weighted by Gasteiger charge is 2.19. The van der Waals surface area contributed by atoms with E-state index in [-0.39, 0.29) is 11.8 Å². The average molecular weight is 370 g/mol. The van der Waals surface area contributed by atoms with Crippen molar-refractivity contribution in [2.24, 2.45) is 0 Å². The van der Waals surface area contributed by atoms with Crippen LogP contribution in [0.15, 0.2) is 48.5 Å². The third kappa shape index (κ3) is 5.64. The van der Waals surface area contributed by atoms with E-state index in [0.29, 0.717) is 37.4 Å². The molecule has 6 nitrogen and oxygen atoms in total. The third-order valence-electron chi connectivity index (χ3n) is 4.14. The summed E-state index contributed by atoms with van der Waals surface area (Å²) in [4.78, 5) is 26.9. The van der Waals surface area contributed by atoms with E-state index < -0.39 is 0 Å². The average Bonchev–Trinajstić information content (AvgIpc) is 2.69. The highest BCUT2D eigenvalue weighted by molar-refractivity contribution is 6.06. The van der Waals surface area contributed by atoms with Crippen molar-refractivity contribution >= 4 is 17.5 Å². The van der Waals surface area contributed by atoms with Crippen LogP contribution in [0.4, 0.5) is 5.69 Å². The van der Waals surface area contributed by atoms with Crippen molar-refractivity contribution in [2.75, 3.05) is 45.4 Å². The van der Waals surface area contributed by atoms with E-state index in [9.17, 15) is 9.59 Å². The number of methoxy groups -OCH3 is 2. The van der Waals surface area contributed by atoms with Gasteiger partial charge in [0.25, 0.3) is 11.8 Å². The third-order valence-corrected chi connectivity index (χ3v) is 4.14. The van der Waals surface area contributed by atoms with Crippen molar-refractivity contribution in [3.05, 3.63) is 65.2 Å². The molecule has 0 saturated heterocycles. The highest BCUT2D eigenvalue weighted by Crippen LogP contribution is 2.21. The van der Waals surface area contributed by atoms with E-state index in [4.69, 9.17) is 9.47 Å². The van der Waals surface area contributed by atoms with Crippen molar-refractivity contribution in [2.45, 2.75) is 6.92 Å². The number of nitrogens with one attached hydrogen (secondary N) is 1. The number of amides is 2. The smallest absolute Gasteiger partial charge is 0.258 e. The molecule has 0 aliphatic rings. The Morgan fingerprint density at radius 3 is 2.33 bits per heavy atom. The summed E-state index contributed by atoms with van der Waals surface area (Å²) in [6, 6.07) is 14.5. The van der Waals surface area contributed by atoms with Crippen LogP contribution in [-0.4, -0.2) is 52.3 Å². The predicted molar refractivity (Wildman–Crippen MR) is 105 cm³/mol. The van der Waals surface area contributed by atoms with Gasteiger partial charge in [-0.1, -0.05) is 18.2 Å². The molecule has 6 heteroatoms. The maximum Gasteiger partial charge on any atom is 0.258 e. The summed E-state index contributed by atoms with van der Waals surface area (Å²) in [5.74, 6) is -0.265. The minimum atomic E-state index is -0.158. The lowest BCUT2D eigenvalue weighted by atomic mass is 10.1. The summed E-state index contributed by atoms with van der Waals surface area (Å²) in [6.45, 7) is 3.60. The van der Waals surface area contributed by atoms with E-state index in [1.54, 1.807) is 43.4 Å².